The summed E-state index contributed by atoms with van der Waals surface area (Å²) in [5.74, 6) is -0.0392. The van der Waals surface area contributed by atoms with Crippen LogP contribution in [-0.4, -0.2) is 43.2 Å². The molecule has 0 unspecified atom stereocenters. The Morgan fingerprint density at radius 1 is 1.50 bits per heavy atom. The molecule has 4 heteroatoms. The molecular formula is C12H24N2O2. The minimum Gasteiger partial charge on any atom is -0.461 e. The van der Waals surface area contributed by atoms with Crippen LogP contribution in [0.25, 0.3) is 0 Å². The maximum absolute atomic E-state index is 11.7. The molecule has 0 aromatic heterocycles. The Hall–Kier alpha value is -0.610. The van der Waals surface area contributed by atoms with Crippen molar-refractivity contribution in [3.05, 3.63) is 0 Å². The van der Waals surface area contributed by atoms with Crippen LogP contribution < -0.4 is 5.73 Å². The van der Waals surface area contributed by atoms with Crippen LogP contribution in [0, 0.1) is 5.92 Å². The number of nitrogens with zero attached hydrogens (tertiary/aromatic N) is 1. The molecule has 94 valence electrons. The lowest BCUT2D eigenvalue weighted by Gasteiger charge is -2.29. The van der Waals surface area contributed by atoms with Gasteiger partial charge in [0.25, 0.3) is 0 Å². The van der Waals surface area contributed by atoms with Gasteiger partial charge in [-0.05, 0) is 25.8 Å². The average Bonchev–Trinajstić information content (AvgIpc) is 2.30. The molecular weight excluding hydrogens is 204 g/mol. The van der Waals surface area contributed by atoms with Crippen molar-refractivity contribution in [3.8, 4) is 0 Å². The maximum Gasteiger partial charge on any atom is 0.323 e. The molecule has 0 aromatic carbocycles. The lowest BCUT2D eigenvalue weighted by atomic mass is 10.00. The molecule has 0 aromatic rings. The molecule has 0 radical (unpaired) electrons. The first-order valence-corrected chi connectivity index (χ1v) is 6.19. The zero-order valence-corrected chi connectivity index (χ0v) is 10.6. The van der Waals surface area contributed by atoms with Crippen molar-refractivity contribution in [3.63, 3.8) is 0 Å². The van der Waals surface area contributed by atoms with Crippen LogP contribution in [0.2, 0.25) is 0 Å². The molecule has 1 heterocycles. The smallest absolute Gasteiger partial charge is 0.323 e. The number of carbonyl (C=O) groups excluding carboxylic acids is 1. The van der Waals surface area contributed by atoms with Gasteiger partial charge in [0, 0.05) is 13.1 Å². The molecule has 1 rings (SSSR count). The van der Waals surface area contributed by atoms with Gasteiger partial charge >= 0.3 is 5.97 Å². The molecule has 1 fully saturated rings. The van der Waals surface area contributed by atoms with E-state index >= 15 is 0 Å². The first-order valence-electron chi connectivity index (χ1n) is 6.19. The second-order valence-corrected chi connectivity index (χ2v) is 4.85. The predicted octanol–water partition coefficient (Wildman–Crippen LogP) is 0.997. The second-order valence-electron chi connectivity index (χ2n) is 4.85. The SMILES string of the molecule is CC[C@H](C)[C@H](N)C(=O)OC1CCN(C)CC1. The fraction of sp³-hybridized carbons (Fsp3) is 0.917. The third-order valence-corrected chi connectivity index (χ3v) is 3.48. The molecule has 1 saturated heterocycles. The first-order chi connectivity index (χ1) is 7.54. The normalized spacial score (nSPS) is 22.8. The lowest BCUT2D eigenvalue weighted by molar-refractivity contribution is -0.154. The molecule has 1 aliphatic heterocycles. The van der Waals surface area contributed by atoms with Crippen molar-refractivity contribution in [1.29, 1.82) is 0 Å². The van der Waals surface area contributed by atoms with E-state index in [1.807, 2.05) is 13.8 Å². The fourth-order valence-corrected chi connectivity index (χ4v) is 1.83. The monoisotopic (exact) mass is 228 g/mol. The van der Waals surface area contributed by atoms with Crippen molar-refractivity contribution < 1.29 is 9.53 Å². The van der Waals surface area contributed by atoms with E-state index in [-0.39, 0.29) is 18.0 Å². The van der Waals surface area contributed by atoms with Gasteiger partial charge in [0.15, 0.2) is 0 Å². The Labute approximate surface area is 98.1 Å². The van der Waals surface area contributed by atoms with Crippen molar-refractivity contribution in [2.75, 3.05) is 20.1 Å². The van der Waals surface area contributed by atoms with Crippen LogP contribution in [0.3, 0.4) is 0 Å². The minimum atomic E-state index is -0.468. The number of carbonyl (C=O) groups is 1. The van der Waals surface area contributed by atoms with Crippen molar-refractivity contribution in [2.24, 2.45) is 11.7 Å². The Kier molecular flexibility index (Phi) is 5.22. The molecule has 0 saturated carbocycles. The van der Waals surface area contributed by atoms with Gasteiger partial charge < -0.3 is 15.4 Å². The predicted molar refractivity (Wildman–Crippen MR) is 64.0 cm³/mol. The summed E-state index contributed by atoms with van der Waals surface area (Å²) in [6.07, 6.45) is 2.83. The van der Waals surface area contributed by atoms with Crippen LogP contribution in [-0.2, 0) is 9.53 Å². The molecule has 0 amide bonds. The number of likely N-dealkylation sites (tertiary alicyclic amines) is 1. The summed E-state index contributed by atoms with van der Waals surface area (Å²) in [4.78, 5) is 14.0. The Bertz CT molecular complexity index is 225. The van der Waals surface area contributed by atoms with E-state index in [0.717, 1.165) is 32.4 Å². The zero-order chi connectivity index (χ0) is 12.1. The molecule has 0 bridgehead atoms. The number of ether oxygens (including phenoxy) is 1. The summed E-state index contributed by atoms with van der Waals surface area (Å²) in [7, 11) is 2.09. The lowest BCUT2D eigenvalue weighted by Crippen LogP contribution is -2.42. The van der Waals surface area contributed by atoms with Crippen LogP contribution in [0.5, 0.6) is 0 Å². The van der Waals surface area contributed by atoms with Gasteiger partial charge in [-0.1, -0.05) is 20.3 Å². The quantitative estimate of drug-likeness (QED) is 0.729. The van der Waals surface area contributed by atoms with Gasteiger partial charge in [0.2, 0.25) is 0 Å². The summed E-state index contributed by atoms with van der Waals surface area (Å²) in [6, 6.07) is -0.468. The summed E-state index contributed by atoms with van der Waals surface area (Å²) in [5.41, 5.74) is 5.83. The summed E-state index contributed by atoms with van der Waals surface area (Å²) in [6.45, 7) is 6.01. The van der Waals surface area contributed by atoms with Crippen LogP contribution in [0.4, 0.5) is 0 Å². The van der Waals surface area contributed by atoms with Gasteiger partial charge in [0.1, 0.15) is 12.1 Å². The van der Waals surface area contributed by atoms with Crippen molar-refractivity contribution in [2.45, 2.75) is 45.3 Å². The second kappa shape index (κ2) is 6.21. The highest BCUT2D eigenvalue weighted by atomic mass is 16.5. The number of hydrogen-bond donors (Lipinski definition) is 1. The highest BCUT2D eigenvalue weighted by Crippen LogP contribution is 2.14. The number of hydrogen-bond acceptors (Lipinski definition) is 4. The zero-order valence-electron chi connectivity index (χ0n) is 10.6. The van der Waals surface area contributed by atoms with E-state index in [9.17, 15) is 4.79 Å². The summed E-state index contributed by atoms with van der Waals surface area (Å²) in [5, 5.41) is 0. The number of piperidine rings is 1. The largest absolute Gasteiger partial charge is 0.461 e. The van der Waals surface area contributed by atoms with Crippen LogP contribution in [0.15, 0.2) is 0 Å². The number of rotatable bonds is 4. The third kappa shape index (κ3) is 3.76. The average molecular weight is 228 g/mol. The Morgan fingerprint density at radius 2 is 2.06 bits per heavy atom. The number of nitrogens with two attached hydrogens (primary N) is 1. The van der Waals surface area contributed by atoms with Crippen LogP contribution in [0.1, 0.15) is 33.1 Å². The fourth-order valence-electron chi connectivity index (χ4n) is 1.83. The van der Waals surface area contributed by atoms with E-state index in [0.29, 0.717) is 0 Å². The van der Waals surface area contributed by atoms with E-state index in [2.05, 4.69) is 11.9 Å². The van der Waals surface area contributed by atoms with E-state index < -0.39 is 6.04 Å². The molecule has 4 nitrogen and oxygen atoms in total. The maximum atomic E-state index is 11.7. The van der Waals surface area contributed by atoms with Crippen molar-refractivity contribution in [1.82, 2.24) is 4.90 Å². The van der Waals surface area contributed by atoms with Gasteiger partial charge in [-0.15, -0.1) is 0 Å². The van der Waals surface area contributed by atoms with Gasteiger partial charge in [-0.2, -0.15) is 0 Å². The minimum absolute atomic E-state index is 0.0683. The van der Waals surface area contributed by atoms with E-state index in [1.165, 1.54) is 0 Å². The van der Waals surface area contributed by atoms with Crippen LogP contribution >= 0.6 is 0 Å². The summed E-state index contributed by atoms with van der Waals surface area (Å²) < 4.78 is 5.43. The van der Waals surface area contributed by atoms with E-state index in [4.69, 9.17) is 10.5 Å². The van der Waals surface area contributed by atoms with Gasteiger partial charge in [0.05, 0.1) is 0 Å². The molecule has 16 heavy (non-hydrogen) atoms. The molecule has 0 aliphatic carbocycles. The summed E-state index contributed by atoms with van der Waals surface area (Å²) >= 11 is 0. The third-order valence-electron chi connectivity index (χ3n) is 3.48. The highest BCUT2D eigenvalue weighted by Gasteiger charge is 2.26. The Morgan fingerprint density at radius 3 is 2.56 bits per heavy atom. The Balaban J connectivity index is 2.33. The molecule has 1 aliphatic rings. The van der Waals surface area contributed by atoms with E-state index in [1.54, 1.807) is 0 Å². The van der Waals surface area contributed by atoms with Gasteiger partial charge in [-0.3, -0.25) is 4.79 Å². The molecule has 0 spiro atoms. The topological polar surface area (TPSA) is 55.6 Å². The van der Waals surface area contributed by atoms with Gasteiger partial charge in [-0.25, -0.2) is 0 Å². The first kappa shape index (κ1) is 13.5. The number of esters is 1. The van der Waals surface area contributed by atoms with Crippen molar-refractivity contribution >= 4 is 5.97 Å². The molecule has 2 N–H and O–H groups in total. The highest BCUT2D eigenvalue weighted by molar-refractivity contribution is 5.76. The molecule has 2 atom stereocenters. The standard InChI is InChI=1S/C12H24N2O2/c1-4-9(2)11(13)12(15)16-10-5-7-14(3)8-6-10/h9-11H,4-8,13H2,1-3H3/t9-,11-/m0/s1.